The molecular formula is C73H65BrN4O2. The van der Waals surface area contributed by atoms with Gasteiger partial charge >= 0.3 is 0 Å². The van der Waals surface area contributed by atoms with E-state index in [1.54, 1.807) is 0 Å². The number of halogens is 1. The van der Waals surface area contributed by atoms with Crippen LogP contribution in [0.3, 0.4) is 0 Å². The Hall–Kier alpha value is -8.46. The lowest BCUT2D eigenvalue weighted by molar-refractivity contribution is 0.0277. The summed E-state index contributed by atoms with van der Waals surface area (Å²) < 4.78 is 5.36. The van der Waals surface area contributed by atoms with Gasteiger partial charge in [0, 0.05) is 16.9 Å². The molecule has 0 aliphatic rings. The van der Waals surface area contributed by atoms with Gasteiger partial charge in [0.15, 0.2) is 0 Å². The molecule has 0 saturated carbocycles. The van der Waals surface area contributed by atoms with Crippen molar-refractivity contribution in [1.82, 2.24) is 19.1 Å². The molecular weight excluding hydrogens is 1040 g/mol. The summed E-state index contributed by atoms with van der Waals surface area (Å²) in [6.45, 7) is 10.3. The molecule has 0 fully saturated rings. The van der Waals surface area contributed by atoms with E-state index in [4.69, 9.17) is 9.97 Å². The maximum Gasteiger partial charge on any atom is 0.135 e. The van der Waals surface area contributed by atoms with Crippen molar-refractivity contribution >= 4 is 37.5 Å². The average Bonchev–Trinajstić information content (AvgIpc) is 4.29. The van der Waals surface area contributed by atoms with E-state index in [2.05, 4.69) is 246 Å². The van der Waals surface area contributed by atoms with Crippen molar-refractivity contribution < 1.29 is 10.2 Å². The number of imidazole rings is 2. The zero-order valence-corrected chi connectivity index (χ0v) is 47.4. The Morgan fingerprint density at radius 3 is 0.963 bits per heavy atom. The lowest BCUT2D eigenvalue weighted by Crippen LogP contribution is -2.37. The van der Waals surface area contributed by atoms with Gasteiger partial charge in [-0.1, -0.05) is 280 Å². The Bertz CT molecular complexity index is 3560. The Balaban J connectivity index is 0.000000169. The number of hydrogen-bond acceptors (Lipinski definition) is 4. The van der Waals surface area contributed by atoms with Gasteiger partial charge in [-0.2, -0.15) is 0 Å². The first-order chi connectivity index (χ1) is 38.9. The van der Waals surface area contributed by atoms with Gasteiger partial charge in [0.1, 0.15) is 22.3 Å². The molecule has 12 aromatic rings. The highest BCUT2D eigenvalue weighted by molar-refractivity contribution is 9.10. The van der Waals surface area contributed by atoms with Crippen LogP contribution in [0.2, 0.25) is 0 Å². The van der Waals surface area contributed by atoms with Gasteiger partial charge in [0.25, 0.3) is 0 Å². The fraction of sp³-hybridized carbons (Fsp3) is 0.151. The normalized spacial score (nSPS) is 13.4. The van der Waals surface area contributed by atoms with Gasteiger partial charge in [-0.15, -0.1) is 0 Å². The first-order valence-corrected chi connectivity index (χ1v) is 28.3. The fourth-order valence-corrected chi connectivity index (χ4v) is 12.4. The minimum absolute atomic E-state index is 0.113. The molecule has 0 spiro atoms. The van der Waals surface area contributed by atoms with Crippen molar-refractivity contribution in [3.8, 4) is 0 Å². The summed E-state index contributed by atoms with van der Waals surface area (Å²) >= 11 is 3.57. The zero-order chi connectivity index (χ0) is 55.5. The highest BCUT2D eigenvalue weighted by Crippen LogP contribution is 2.46. The Labute approximate surface area is 478 Å². The van der Waals surface area contributed by atoms with Crippen molar-refractivity contribution in [2.45, 2.75) is 56.9 Å². The largest absolute Gasteiger partial charge is 0.378 e. The number of hydrogen-bond donors (Lipinski definition) is 2. The first-order valence-electron chi connectivity index (χ1n) is 27.5. The van der Waals surface area contributed by atoms with Gasteiger partial charge in [0.05, 0.1) is 24.0 Å². The lowest BCUT2D eigenvalue weighted by Gasteiger charge is -2.37. The summed E-state index contributed by atoms with van der Waals surface area (Å²) in [6, 6.07) is 88.2. The topological polar surface area (TPSA) is 76.1 Å². The Kier molecular flexibility index (Phi) is 15.0. The molecule has 396 valence electrons. The lowest BCUT2D eigenvalue weighted by atomic mass is 9.76. The Morgan fingerprint density at radius 2 is 0.637 bits per heavy atom. The standard InChI is InChI=1S/C37H34N2O.C36H31BrN2O/c1-27(2)37(40,34-22-21-29-23-28(3)19-20-30(29)24-34)35-25-39(26-38-35)36(31-13-7-4-8-14-31,32-15-9-5-10-16-32)33-17-11-6-12-18-33;1-26(2)36(40,32-20-18-28-23-33(37)21-19-27(28)22-32)34-24-39(25-38-34)35(29-12-6-3-7-13-29,30-14-8-4-9-15-30)31-16-10-5-11-17-31/h4-27,40H,1-3H3;3-26,40H,1-2H3. The molecule has 6 nitrogen and oxygen atoms in total. The van der Waals surface area contributed by atoms with Gasteiger partial charge in [-0.05, 0) is 109 Å². The SMILES string of the molecule is CC(C)C(O)(c1ccc2cc(Br)ccc2c1)c1cn(C(c2ccccc2)(c2ccccc2)c2ccccc2)cn1.Cc1ccc2cc(C(O)(c3cn(C(c4ccccc4)(c4ccccc4)c4ccccc4)cn3)C(C)C)ccc2c1. The van der Waals surface area contributed by atoms with Crippen LogP contribution in [0.5, 0.6) is 0 Å². The van der Waals surface area contributed by atoms with Crippen LogP contribution < -0.4 is 0 Å². The maximum absolute atomic E-state index is 12.5. The second-order valence-corrected chi connectivity index (χ2v) is 22.5. The molecule has 2 atom stereocenters. The number of fused-ring (bicyclic) bond motifs is 2. The quantitative estimate of drug-likeness (QED) is 0.106. The van der Waals surface area contributed by atoms with E-state index in [0.29, 0.717) is 11.4 Å². The van der Waals surface area contributed by atoms with Crippen molar-refractivity contribution in [1.29, 1.82) is 0 Å². The molecule has 2 heterocycles. The maximum atomic E-state index is 12.5. The molecule has 2 aromatic heterocycles. The van der Waals surface area contributed by atoms with Crippen molar-refractivity contribution in [3.63, 3.8) is 0 Å². The van der Waals surface area contributed by atoms with E-state index in [0.717, 1.165) is 70.5 Å². The molecule has 0 aliphatic heterocycles. The van der Waals surface area contributed by atoms with Crippen LogP contribution in [0, 0.1) is 18.8 Å². The second-order valence-electron chi connectivity index (χ2n) is 21.6. The van der Waals surface area contributed by atoms with E-state index in [1.165, 1.54) is 5.56 Å². The highest BCUT2D eigenvalue weighted by atomic mass is 79.9. The molecule has 0 bridgehead atoms. The molecule has 0 radical (unpaired) electrons. The van der Waals surface area contributed by atoms with Crippen LogP contribution in [0.25, 0.3) is 21.5 Å². The molecule has 12 rings (SSSR count). The molecule has 0 saturated heterocycles. The number of benzene rings is 10. The summed E-state index contributed by atoms with van der Waals surface area (Å²) in [5, 5.41) is 29.4. The number of rotatable bonds is 14. The second kappa shape index (κ2) is 22.4. The summed E-state index contributed by atoms with van der Waals surface area (Å²) in [4.78, 5) is 9.86. The third kappa shape index (κ3) is 9.49. The molecule has 80 heavy (non-hydrogen) atoms. The van der Waals surface area contributed by atoms with Crippen LogP contribution >= 0.6 is 15.9 Å². The number of aromatic nitrogens is 4. The fourth-order valence-electron chi connectivity index (χ4n) is 12.0. The minimum atomic E-state index is -1.29. The van der Waals surface area contributed by atoms with E-state index in [9.17, 15) is 10.2 Å². The Morgan fingerprint density at radius 1 is 0.350 bits per heavy atom. The number of aliphatic hydroxyl groups is 2. The number of aryl methyl sites for hydroxylation is 1. The van der Waals surface area contributed by atoms with Crippen LogP contribution in [0.1, 0.15) is 89.2 Å². The van der Waals surface area contributed by atoms with Crippen LogP contribution in [0.4, 0.5) is 0 Å². The van der Waals surface area contributed by atoms with Crippen LogP contribution in [-0.2, 0) is 22.3 Å². The summed E-state index contributed by atoms with van der Waals surface area (Å²) in [5.74, 6) is -0.235. The molecule has 7 heteroatoms. The van der Waals surface area contributed by atoms with E-state index < -0.39 is 22.3 Å². The van der Waals surface area contributed by atoms with Crippen molar-refractivity contribution in [3.05, 3.63) is 346 Å². The minimum Gasteiger partial charge on any atom is -0.378 e. The molecule has 10 aromatic carbocycles. The van der Waals surface area contributed by atoms with Crippen LogP contribution in [0.15, 0.2) is 284 Å². The first kappa shape index (κ1) is 53.5. The third-order valence-electron chi connectivity index (χ3n) is 16.2. The van der Waals surface area contributed by atoms with Gasteiger partial charge in [0.2, 0.25) is 0 Å². The number of nitrogens with zero attached hydrogens (tertiary/aromatic N) is 4. The van der Waals surface area contributed by atoms with E-state index >= 15 is 0 Å². The van der Waals surface area contributed by atoms with E-state index in [-0.39, 0.29) is 11.8 Å². The highest BCUT2D eigenvalue weighted by Gasteiger charge is 2.44. The predicted molar refractivity (Wildman–Crippen MR) is 330 cm³/mol. The summed E-state index contributed by atoms with van der Waals surface area (Å²) in [6.07, 6.45) is 7.80. The smallest absolute Gasteiger partial charge is 0.135 e. The molecule has 2 N–H and O–H groups in total. The zero-order valence-electron chi connectivity index (χ0n) is 45.8. The van der Waals surface area contributed by atoms with Crippen LogP contribution in [-0.4, -0.2) is 29.3 Å². The summed E-state index contributed by atoms with van der Waals surface area (Å²) in [7, 11) is 0. The van der Waals surface area contributed by atoms with Gasteiger partial charge in [-0.25, -0.2) is 9.97 Å². The van der Waals surface area contributed by atoms with E-state index in [1.807, 2.05) is 93.5 Å². The predicted octanol–water partition coefficient (Wildman–Crippen LogP) is 16.6. The van der Waals surface area contributed by atoms with Crippen molar-refractivity contribution in [2.75, 3.05) is 0 Å². The van der Waals surface area contributed by atoms with Crippen molar-refractivity contribution in [2.24, 2.45) is 11.8 Å². The molecule has 0 aliphatic carbocycles. The molecule has 2 unspecified atom stereocenters. The monoisotopic (exact) mass is 1110 g/mol. The average molecular weight is 1110 g/mol. The molecule has 0 amide bonds. The third-order valence-corrected chi connectivity index (χ3v) is 16.7. The van der Waals surface area contributed by atoms with Gasteiger partial charge < -0.3 is 19.3 Å². The van der Waals surface area contributed by atoms with Gasteiger partial charge in [-0.3, -0.25) is 0 Å². The summed E-state index contributed by atoms with van der Waals surface area (Å²) in [5.41, 5.74) is 6.87.